The van der Waals surface area contributed by atoms with Crippen molar-refractivity contribution in [2.45, 2.75) is 13.8 Å². The van der Waals surface area contributed by atoms with Gasteiger partial charge in [-0.1, -0.05) is 18.1 Å². The van der Waals surface area contributed by atoms with Crippen molar-refractivity contribution in [2.75, 3.05) is 12.3 Å². The molecular formula is C15H14N2O2S. The topological polar surface area (TPSA) is 65.2 Å². The first-order chi connectivity index (χ1) is 9.60. The van der Waals surface area contributed by atoms with E-state index in [1.165, 1.54) is 11.3 Å². The second-order valence-electron chi connectivity index (χ2n) is 4.00. The number of nitrogen functional groups attached to an aromatic ring is 1. The Labute approximate surface area is 121 Å². The molecule has 1 aromatic heterocycles. The van der Waals surface area contributed by atoms with Crippen LogP contribution < -0.4 is 5.73 Å². The molecule has 0 unspecified atom stereocenters. The lowest BCUT2D eigenvalue weighted by molar-refractivity contribution is -0.136. The largest absolute Gasteiger partial charge is 0.456 e. The van der Waals surface area contributed by atoms with Gasteiger partial charge in [0.25, 0.3) is 0 Å². The zero-order chi connectivity index (χ0) is 14.5. The highest BCUT2D eigenvalue weighted by Gasteiger charge is 2.07. The number of benzene rings is 1. The second kappa shape index (κ2) is 6.22. The van der Waals surface area contributed by atoms with Gasteiger partial charge in [0.15, 0.2) is 5.13 Å². The second-order valence-corrected chi connectivity index (χ2v) is 5.24. The number of carbonyl (C=O) groups excluding carboxylic acids is 1. The molecule has 0 bridgehead atoms. The highest BCUT2D eigenvalue weighted by molar-refractivity contribution is 7.15. The summed E-state index contributed by atoms with van der Waals surface area (Å²) in [7, 11) is 0. The molecule has 0 amide bonds. The summed E-state index contributed by atoms with van der Waals surface area (Å²) in [5, 5.41) is 0.559. The number of aromatic nitrogens is 1. The Morgan fingerprint density at radius 2 is 2.10 bits per heavy atom. The van der Waals surface area contributed by atoms with Crippen LogP contribution in [0.25, 0.3) is 11.3 Å². The monoisotopic (exact) mass is 286 g/mol. The molecule has 5 heteroatoms. The highest BCUT2D eigenvalue weighted by Crippen LogP contribution is 2.28. The first-order valence-corrected chi connectivity index (χ1v) is 6.94. The van der Waals surface area contributed by atoms with E-state index in [0.717, 1.165) is 21.7 Å². The molecule has 0 fully saturated rings. The summed E-state index contributed by atoms with van der Waals surface area (Å²) in [5.41, 5.74) is 8.31. The Morgan fingerprint density at radius 1 is 1.40 bits per heavy atom. The number of hydrogen-bond donors (Lipinski definition) is 1. The quantitative estimate of drug-likeness (QED) is 0.681. The molecular weight excluding hydrogens is 272 g/mol. The van der Waals surface area contributed by atoms with Crippen LogP contribution in [0.15, 0.2) is 24.3 Å². The van der Waals surface area contributed by atoms with Crippen LogP contribution in [0.5, 0.6) is 0 Å². The fraction of sp³-hybridized carbons (Fsp3) is 0.200. The fourth-order valence-corrected chi connectivity index (χ4v) is 2.40. The molecule has 0 atom stereocenters. The minimum absolute atomic E-state index is 0.330. The molecule has 2 rings (SSSR count). The standard InChI is InChI=1S/C15H14N2O2S/c1-3-19-13(18)9-6-11-4-7-12(8-5-11)14-10(2)20-15(16)17-14/h4-5,7-8H,3H2,1-2H3,(H2,16,17). The summed E-state index contributed by atoms with van der Waals surface area (Å²) >= 11 is 1.47. The van der Waals surface area contributed by atoms with Crippen molar-refractivity contribution in [3.05, 3.63) is 34.7 Å². The molecule has 2 N–H and O–H groups in total. The first-order valence-electron chi connectivity index (χ1n) is 6.12. The van der Waals surface area contributed by atoms with Gasteiger partial charge in [-0.15, -0.1) is 11.3 Å². The Morgan fingerprint density at radius 3 is 2.65 bits per heavy atom. The molecule has 20 heavy (non-hydrogen) atoms. The van der Waals surface area contributed by atoms with Crippen molar-refractivity contribution in [1.29, 1.82) is 0 Å². The zero-order valence-corrected chi connectivity index (χ0v) is 12.1. The summed E-state index contributed by atoms with van der Waals surface area (Å²) in [6.45, 7) is 4.06. The van der Waals surface area contributed by atoms with Gasteiger partial charge in [0.1, 0.15) is 0 Å². The number of nitrogens with two attached hydrogens (primary N) is 1. The Bertz CT molecular complexity index is 678. The minimum Gasteiger partial charge on any atom is -0.456 e. The van der Waals surface area contributed by atoms with E-state index >= 15 is 0 Å². The van der Waals surface area contributed by atoms with Crippen LogP contribution in [0, 0.1) is 18.8 Å². The zero-order valence-electron chi connectivity index (χ0n) is 11.3. The van der Waals surface area contributed by atoms with E-state index in [1.54, 1.807) is 6.92 Å². The number of anilines is 1. The number of thiazole rings is 1. The van der Waals surface area contributed by atoms with Gasteiger partial charge >= 0.3 is 5.97 Å². The van der Waals surface area contributed by atoms with Crippen molar-refractivity contribution in [3.8, 4) is 23.1 Å². The Balaban J connectivity index is 2.18. The predicted octanol–water partition coefficient (Wildman–Crippen LogP) is 2.62. The molecule has 1 heterocycles. The molecule has 4 nitrogen and oxygen atoms in total. The van der Waals surface area contributed by atoms with Crippen molar-refractivity contribution >= 4 is 22.4 Å². The van der Waals surface area contributed by atoms with Crippen LogP contribution in [-0.4, -0.2) is 17.6 Å². The normalized spacial score (nSPS) is 9.70. The molecule has 0 aliphatic heterocycles. The van der Waals surface area contributed by atoms with Gasteiger partial charge in [-0.2, -0.15) is 0 Å². The van der Waals surface area contributed by atoms with Crippen LogP contribution in [-0.2, 0) is 9.53 Å². The molecule has 0 spiro atoms. The minimum atomic E-state index is -0.514. The lowest BCUT2D eigenvalue weighted by Gasteiger charge is -1.98. The maximum atomic E-state index is 11.1. The van der Waals surface area contributed by atoms with Crippen LogP contribution in [0.4, 0.5) is 5.13 Å². The maximum Gasteiger partial charge on any atom is 0.384 e. The van der Waals surface area contributed by atoms with Crippen LogP contribution >= 0.6 is 11.3 Å². The van der Waals surface area contributed by atoms with Crippen LogP contribution in [0.1, 0.15) is 17.4 Å². The predicted molar refractivity (Wildman–Crippen MR) is 80.2 cm³/mol. The van der Waals surface area contributed by atoms with E-state index in [9.17, 15) is 4.79 Å². The third-order valence-electron chi connectivity index (χ3n) is 2.56. The smallest absolute Gasteiger partial charge is 0.384 e. The van der Waals surface area contributed by atoms with Crippen molar-refractivity contribution in [1.82, 2.24) is 4.98 Å². The van der Waals surface area contributed by atoms with Crippen LogP contribution in [0.3, 0.4) is 0 Å². The van der Waals surface area contributed by atoms with Crippen molar-refractivity contribution < 1.29 is 9.53 Å². The lowest BCUT2D eigenvalue weighted by atomic mass is 10.1. The van der Waals surface area contributed by atoms with Gasteiger partial charge in [-0.25, -0.2) is 9.78 Å². The van der Waals surface area contributed by atoms with Gasteiger partial charge in [-0.05, 0) is 26.0 Å². The van der Waals surface area contributed by atoms with E-state index in [0.29, 0.717) is 11.7 Å². The van der Waals surface area contributed by atoms with E-state index in [-0.39, 0.29) is 0 Å². The molecule has 0 saturated heterocycles. The maximum absolute atomic E-state index is 11.1. The van der Waals surface area contributed by atoms with Gasteiger partial charge in [0.05, 0.1) is 12.3 Å². The SMILES string of the molecule is CCOC(=O)C#Cc1ccc(-c2nc(N)sc2C)cc1. The Hall–Kier alpha value is -2.32. The van der Waals surface area contributed by atoms with E-state index in [1.807, 2.05) is 31.2 Å². The molecule has 1 aromatic carbocycles. The van der Waals surface area contributed by atoms with E-state index in [2.05, 4.69) is 16.8 Å². The molecule has 0 aliphatic carbocycles. The third-order valence-corrected chi connectivity index (χ3v) is 3.36. The van der Waals surface area contributed by atoms with Gasteiger partial charge in [0, 0.05) is 21.9 Å². The fourth-order valence-electron chi connectivity index (χ4n) is 1.69. The van der Waals surface area contributed by atoms with Crippen molar-refractivity contribution in [3.63, 3.8) is 0 Å². The number of nitrogens with zero attached hydrogens (tertiary/aromatic N) is 1. The lowest BCUT2D eigenvalue weighted by Crippen LogP contribution is -1.99. The number of esters is 1. The average Bonchev–Trinajstić information content (AvgIpc) is 2.76. The van der Waals surface area contributed by atoms with Gasteiger partial charge in [0.2, 0.25) is 0 Å². The highest BCUT2D eigenvalue weighted by atomic mass is 32.1. The first kappa shape index (κ1) is 14.1. The summed E-state index contributed by atoms with van der Waals surface area (Å²) in [5.74, 6) is 4.68. The number of ether oxygens (including phenoxy) is 1. The van der Waals surface area contributed by atoms with Gasteiger partial charge < -0.3 is 10.5 Å². The molecule has 0 saturated carbocycles. The third kappa shape index (κ3) is 3.37. The summed E-state index contributed by atoms with van der Waals surface area (Å²) in [6, 6.07) is 7.51. The molecule has 0 aliphatic rings. The number of hydrogen-bond acceptors (Lipinski definition) is 5. The number of carbonyl (C=O) groups is 1. The number of aryl methyl sites for hydroxylation is 1. The molecule has 102 valence electrons. The molecule has 2 aromatic rings. The van der Waals surface area contributed by atoms with Gasteiger partial charge in [-0.3, -0.25) is 0 Å². The summed E-state index contributed by atoms with van der Waals surface area (Å²) in [4.78, 5) is 16.5. The molecule has 0 radical (unpaired) electrons. The Kier molecular flexibility index (Phi) is 4.38. The van der Waals surface area contributed by atoms with E-state index in [4.69, 9.17) is 10.5 Å². The van der Waals surface area contributed by atoms with E-state index < -0.39 is 5.97 Å². The number of rotatable bonds is 2. The van der Waals surface area contributed by atoms with Crippen LogP contribution in [0.2, 0.25) is 0 Å². The average molecular weight is 286 g/mol. The van der Waals surface area contributed by atoms with Crippen molar-refractivity contribution in [2.24, 2.45) is 0 Å². The summed E-state index contributed by atoms with van der Waals surface area (Å²) in [6.07, 6.45) is 0. The summed E-state index contributed by atoms with van der Waals surface area (Å²) < 4.78 is 4.74.